The van der Waals surface area contributed by atoms with E-state index in [-0.39, 0.29) is 12.2 Å². The second kappa shape index (κ2) is 5.83. The molecule has 0 aliphatic rings. The second-order valence-electron chi connectivity index (χ2n) is 4.07. The average molecular weight is 275 g/mol. The van der Waals surface area contributed by atoms with E-state index in [0.29, 0.717) is 11.5 Å². The van der Waals surface area contributed by atoms with Crippen LogP contribution in [0.5, 0.6) is 0 Å². The van der Waals surface area contributed by atoms with Crippen molar-refractivity contribution in [3.63, 3.8) is 0 Å². The molecule has 0 aliphatic carbocycles. The molecule has 0 radical (unpaired) electrons. The molecule has 0 saturated carbocycles. The molecule has 0 fully saturated rings. The summed E-state index contributed by atoms with van der Waals surface area (Å²) in [5.41, 5.74) is 0.281. The van der Waals surface area contributed by atoms with Crippen molar-refractivity contribution >= 4 is 17.4 Å². The lowest BCUT2D eigenvalue weighted by Gasteiger charge is -2.07. The molecular weight excluding hydrogens is 262 g/mol. The van der Waals surface area contributed by atoms with Crippen molar-refractivity contribution in [3.8, 4) is 0 Å². The molecule has 104 valence electrons. The quantitative estimate of drug-likeness (QED) is 0.654. The van der Waals surface area contributed by atoms with E-state index in [9.17, 15) is 14.9 Å². The van der Waals surface area contributed by atoms with Crippen molar-refractivity contribution in [2.75, 3.05) is 5.32 Å². The molecule has 2 rings (SSSR count). The molecule has 2 aromatic rings. The molecule has 0 aliphatic heterocycles. The summed E-state index contributed by atoms with van der Waals surface area (Å²) < 4.78 is 1.79. The summed E-state index contributed by atoms with van der Waals surface area (Å²) in [4.78, 5) is 25.8. The van der Waals surface area contributed by atoms with Gasteiger partial charge in [0.05, 0.1) is 11.5 Å². The number of benzene rings is 1. The smallest absolute Gasteiger partial charge is 0.319 e. The lowest BCUT2D eigenvalue weighted by atomic mass is 10.3. The fraction of sp³-hybridized carbons (Fsp3) is 0.167. The highest BCUT2D eigenvalue weighted by atomic mass is 16.6. The van der Waals surface area contributed by atoms with Crippen LogP contribution < -0.4 is 10.6 Å². The van der Waals surface area contributed by atoms with Gasteiger partial charge in [-0.2, -0.15) is 0 Å². The third kappa shape index (κ3) is 3.31. The number of aryl methyl sites for hydroxylation is 1. The van der Waals surface area contributed by atoms with Crippen LogP contribution in [0.1, 0.15) is 5.82 Å². The van der Waals surface area contributed by atoms with Gasteiger partial charge in [-0.3, -0.25) is 10.1 Å². The third-order valence-electron chi connectivity index (χ3n) is 2.64. The zero-order valence-corrected chi connectivity index (χ0v) is 10.7. The van der Waals surface area contributed by atoms with Gasteiger partial charge in [-0.1, -0.05) is 6.07 Å². The number of imidazole rings is 1. The van der Waals surface area contributed by atoms with Gasteiger partial charge < -0.3 is 15.2 Å². The number of hydrogen-bond donors (Lipinski definition) is 2. The molecule has 2 N–H and O–H groups in total. The van der Waals surface area contributed by atoms with Gasteiger partial charge in [-0.15, -0.1) is 0 Å². The first-order chi connectivity index (χ1) is 9.56. The number of carbonyl (C=O) groups is 1. The van der Waals surface area contributed by atoms with E-state index >= 15 is 0 Å². The molecule has 0 saturated heterocycles. The van der Waals surface area contributed by atoms with Gasteiger partial charge in [-0.25, -0.2) is 9.78 Å². The summed E-state index contributed by atoms with van der Waals surface area (Å²) in [6.07, 6.45) is 3.41. The first-order valence-electron chi connectivity index (χ1n) is 5.82. The Hall–Kier alpha value is -2.90. The number of hydrogen-bond acceptors (Lipinski definition) is 4. The highest BCUT2D eigenvalue weighted by Crippen LogP contribution is 2.16. The van der Waals surface area contributed by atoms with E-state index in [2.05, 4.69) is 15.6 Å². The van der Waals surface area contributed by atoms with Gasteiger partial charge in [0.1, 0.15) is 5.82 Å². The van der Waals surface area contributed by atoms with Crippen LogP contribution in [0.15, 0.2) is 36.7 Å². The third-order valence-corrected chi connectivity index (χ3v) is 2.64. The second-order valence-corrected chi connectivity index (χ2v) is 4.07. The summed E-state index contributed by atoms with van der Waals surface area (Å²) in [6.45, 7) is 0.268. The Morgan fingerprint density at radius 1 is 1.50 bits per heavy atom. The van der Waals surface area contributed by atoms with Gasteiger partial charge in [0, 0.05) is 37.3 Å². The maximum Gasteiger partial charge on any atom is 0.319 e. The minimum absolute atomic E-state index is 0.0769. The Bertz CT molecular complexity index is 638. The van der Waals surface area contributed by atoms with Gasteiger partial charge in [0.15, 0.2) is 0 Å². The number of nitro benzene ring substituents is 1. The van der Waals surface area contributed by atoms with E-state index < -0.39 is 11.0 Å². The number of carbonyl (C=O) groups excluding carboxylic acids is 1. The Labute approximate surface area is 114 Å². The maximum atomic E-state index is 11.7. The molecule has 1 heterocycles. The fourth-order valence-corrected chi connectivity index (χ4v) is 1.60. The predicted octanol–water partition coefficient (Wildman–Crippen LogP) is 1.65. The zero-order valence-electron chi connectivity index (χ0n) is 10.7. The first-order valence-corrected chi connectivity index (χ1v) is 5.82. The molecule has 0 bridgehead atoms. The molecule has 2 amide bonds. The zero-order chi connectivity index (χ0) is 14.5. The Balaban J connectivity index is 1.93. The molecule has 0 spiro atoms. The van der Waals surface area contributed by atoms with Crippen LogP contribution in [-0.2, 0) is 13.6 Å². The maximum absolute atomic E-state index is 11.7. The van der Waals surface area contributed by atoms with Gasteiger partial charge in [-0.05, 0) is 6.07 Å². The van der Waals surface area contributed by atoms with Crippen molar-refractivity contribution in [2.24, 2.45) is 7.05 Å². The van der Waals surface area contributed by atoms with Crippen LogP contribution in [0.25, 0.3) is 0 Å². The molecule has 0 unspecified atom stereocenters. The number of nitrogens with zero attached hydrogens (tertiary/aromatic N) is 3. The van der Waals surface area contributed by atoms with Crippen molar-refractivity contribution in [1.29, 1.82) is 0 Å². The van der Waals surface area contributed by atoms with Crippen molar-refractivity contribution in [3.05, 3.63) is 52.6 Å². The van der Waals surface area contributed by atoms with E-state index in [1.807, 2.05) is 7.05 Å². The molecular formula is C12H13N5O3. The van der Waals surface area contributed by atoms with Crippen LogP contribution in [0, 0.1) is 10.1 Å². The molecule has 0 atom stereocenters. The highest BCUT2D eigenvalue weighted by molar-refractivity contribution is 5.89. The van der Waals surface area contributed by atoms with E-state index in [4.69, 9.17) is 0 Å². The number of anilines is 1. The minimum Gasteiger partial charge on any atom is -0.337 e. The number of rotatable bonds is 4. The van der Waals surface area contributed by atoms with Crippen LogP contribution in [-0.4, -0.2) is 20.5 Å². The van der Waals surface area contributed by atoms with Crippen LogP contribution >= 0.6 is 0 Å². The number of nitrogens with one attached hydrogen (secondary N) is 2. The molecule has 8 heteroatoms. The standard InChI is InChI=1S/C12H13N5O3/c1-16-6-5-13-11(16)8-14-12(18)15-9-3-2-4-10(7-9)17(19)20/h2-7H,8H2,1H3,(H2,14,15,18). The normalized spacial score (nSPS) is 10.1. The number of urea groups is 1. The molecule has 8 nitrogen and oxygen atoms in total. The van der Waals surface area contributed by atoms with Crippen molar-refractivity contribution in [1.82, 2.24) is 14.9 Å². The van der Waals surface area contributed by atoms with Gasteiger partial charge in [0.25, 0.3) is 5.69 Å². The number of aromatic nitrogens is 2. The van der Waals surface area contributed by atoms with Gasteiger partial charge in [0.2, 0.25) is 0 Å². The fourth-order valence-electron chi connectivity index (χ4n) is 1.60. The average Bonchev–Trinajstić information content (AvgIpc) is 2.82. The lowest BCUT2D eigenvalue weighted by Crippen LogP contribution is -2.29. The predicted molar refractivity (Wildman–Crippen MR) is 72.2 cm³/mol. The van der Waals surface area contributed by atoms with Crippen molar-refractivity contribution < 1.29 is 9.72 Å². The number of amides is 2. The van der Waals surface area contributed by atoms with E-state index in [0.717, 1.165) is 0 Å². The Kier molecular flexibility index (Phi) is 3.94. The first kappa shape index (κ1) is 13.5. The van der Waals surface area contributed by atoms with E-state index in [1.165, 1.54) is 18.2 Å². The van der Waals surface area contributed by atoms with E-state index in [1.54, 1.807) is 23.0 Å². The summed E-state index contributed by atoms with van der Waals surface area (Å²) in [5.74, 6) is 0.708. The van der Waals surface area contributed by atoms with Crippen molar-refractivity contribution in [2.45, 2.75) is 6.54 Å². The molecule has 20 heavy (non-hydrogen) atoms. The highest BCUT2D eigenvalue weighted by Gasteiger charge is 2.08. The monoisotopic (exact) mass is 275 g/mol. The molecule has 1 aromatic carbocycles. The number of nitro groups is 1. The number of non-ortho nitro benzene ring substituents is 1. The van der Waals surface area contributed by atoms with Gasteiger partial charge >= 0.3 is 6.03 Å². The van der Waals surface area contributed by atoms with Crippen LogP contribution in [0.4, 0.5) is 16.2 Å². The lowest BCUT2D eigenvalue weighted by molar-refractivity contribution is -0.384. The largest absolute Gasteiger partial charge is 0.337 e. The topological polar surface area (TPSA) is 102 Å². The Morgan fingerprint density at radius 2 is 2.30 bits per heavy atom. The van der Waals surface area contributed by atoms with Crippen LogP contribution in [0.3, 0.4) is 0 Å². The summed E-state index contributed by atoms with van der Waals surface area (Å²) in [5, 5.41) is 15.8. The summed E-state index contributed by atoms with van der Waals surface area (Å²) in [6, 6.07) is 5.28. The SMILES string of the molecule is Cn1ccnc1CNC(=O)Nc1cccc([N+](=O)[O-])c1. The summed E-state index contributed by atoms with van der Waals surface area (Å²) >= 11 is 0. The minimum atomic E-state index is -0.517. The summed E-state index contributed by atoms with van der Waals surface area (Å²) in [7, 11) is 1.82. The molecule has 1 aromatic heterocycles. The van der Waals surface area contributed by atoms with Crippen LogP contribution in [0.2, 0.25) is 0 Å². The Morgan fingerprint density at radius 3 is 2.95 bits per heavy atom.